The molecular weight excluding hydrogens is 212 g/mol. The minimum atomic E-state index is -0.270. The highest BCUT2D eigenvalue weighted by Crippen LogP contribution is 2.31. The van der Waals surface area contributed by atoms with Gasteiger partial charge < -0.3 is 9.84 Å². The molecule has 0 aromatic heterocycles. The van der Waals surface area contributed by atoms with Crippen LogP contribution in [0.25, 0.3) is 0 Å². The van der Waals surface area contributed by atoms with E-state index in [4.69, 9.17) is 4.74 Å². The van der Waals surface area contributed by atoms with Crippen LogP contribution in [0.15, 0.2) is 0 Å². The van der Waals surface area contributed by atoms with E-state index in [0.717, 1.165) is 19.4 Å². The van der Waals surface area contributed by atoms with Crippen LogP contribution in [0.1, 0.15) is 65.7 Å². The summed E-state index contributed by atoms with van der Waals surface area (Å²) in [5.41, 5.74) is 0. The first-order valence-corrected chi connectivity index (χ1v) is 7.48. The second-order valence-corrected chi connectivity index (χ2v) is 5.63. The molecule has 1 saturated carbocycles. The van der Waals surface area contributed by atoms with Crippen molar-refractivity contribution >= 4 is 0 Å². The molecule has 0 aromatic carbocycles. The normalized spacial score (nSPS) is 23.3. The third-order valence-electron chi connectivity index (χ3n) is 4.19. The summed E-state index contributed by atoms with van der Waals surface area (Å²) >= 11 is 0. The Labute approximate surface area is 107 Å². The average Bonchev–Trinajstić information content (AvgIpc) is 2.36. The van der Waals surface area contributed by atoms with Gasteiger partial charge in [0.2, 0.25) is 0 Å². The van der Waals surface area contributed by atoms with Crippen molar-refractivity contribution < 1.29 is 9.84 Å². The van der Waals surface area contributed by atoms with Crippen molar-refractivity contribution in [3.63, 3.8) is 0 Å². The van der Waals surface area contributed by atoms with Gasteiger partial charge in [-0.1, -0.05) is 39.5 Å². The summed E-state index contributed by atoms with van der Waals surface area (Å²) < 4.78 is 5.84. The number of hydrogen-bond acceptors (Lipinski definition) is 2. The fraction of sp³-hybridized carbons (Fsp3) is 1.00. The van der Waals surface area contributed by atoms with E-state index in [1.165, 1.54) is 32.1 Å². The third-order valence-corrected chi connectivity index (χ3v) is 4.19. The Bertz CT molecular complexity index is 187. The first-order chi connectivity index (χ1) is 8.19. The van der Waals surface area contributed by atoms with E-state index in [1.807, 2.05) is 6.92 Å². The summed E-state index contributed by atoms with van der Waals surface area (Å²) in [6, 6.07) is 0. The molecule has 102 valence electrons. The van der Waals surface area contributed by atoms with Crippen LogP contribution in [0.3, 0.4) is 0 Å². The zero-order chi connectivity index (χ0) is 12.7. The van der Waals surface area contributed by atoms with Crippen molar-refractivity contribution in [3.05, 3.63) is 0 Å². The number of ether oxygens (including phenoxy) is 1. The Hall–Kier alpha value is -0.0800. The van der Waals surface area contributed by atoms with E-state index in [9.17, 15) is 5.11 Å². The molecule has 1 aliphatic carbocycles. The molecule has 0 aromatic rings. The van der Waals surface area contributed by atoms with Crippen LogP contribution >= 0.6 is 0 Å². The molecule has 0 radical (unpaired) electrons. The summed E-state index contributed by atoms with van der Waals surface area (Å²) in [6.07, 6.45) is 8.29. The number of aliphatic hydroxyl groups is 1. The number of hydrogen-bond donors (Lipinski definition) is 1. The second kappa shape index (κ2) is 8.10. The molecule has 0 aliphatic heterocycles. The van der Waals surface area contributed by atoms with Crippen LogP contribution in [0, 0.1) is 11.8 Å². The third kappa shape index (κ3) is 4.97. The summed E-state index contributed by atoms with van der Waals surface area (Å²) in [5, 5.41) is 10.4. The molecule has 0 bridgehead atoms. The number of rotatable bonds is 7. The lowest BCUT2D eigenvalue weighted by Gasteiger charge is -2.34. The molecule has 0 saturated heterocycles. The van der Waals surface area contributed by atoms with Crippen molar-refractivity contribution in [3.8, 4) is 0 Å². The molecule has 0 spiro atoms. The van der Waals surface area contributed by atoms with Crippen LogP contribution in [0.2, 0.25) is 0 Å². The molecule has 1 N–H and O–H groups in total. The van der Waals surface area contributed by atoms with Gasteiger partial charge >= 0.3 is 0 Å². The Morgan fingerprint density at radius 1 is 1.18 bits per heavy atom. The monoisotopic (exact) mass is 242 g/mol. The minimum Gasteiger partial charge on any atom is -0.390 e. The fourth-order valence-electron chi connectivity index (χ4n) is 2.93. The maximum Gasteiger partial charge on any atom is 0.0861 e. The van der Waals surface area contributed by atoms with Crippen LogP contribution < -0.4 is 0 Å². The van der Waals surface area contributed by atoms with Gasteiger partial charge in [0.1, 0.15) is 0 Å². The maximum absolute atomic E-state index is 10.4. The molecule has 0 heterocycles. The molecule has 0 amide bonds. The molecule has 1 aliphatic rings. The quantitative estimate of drug-likeness (QED) is 0.736. The van der Waals surface area contributed by atoms with Gasteiger partial charge in [-0.3, -0.25) is 0 Å². The van der Waals surface area contributed by atoms with Crippen molar-refractivity contribution in [1.29, 1.82) is 0 Å². The zero-order valence-corrected chi connectivity index (χ0v) is 11.8. The van der Waals surface area contributed by atoms with Crippen molar-refractivity contribution in [2.45, 2.75) is 77.9 Å². The topological polar surface area (TPSA) is 29.5 Å². The van der Waals surface area contributed by atoms with Crippen LogP contribution in [-0.4, -0.2) is 23.9 Å². The predicted octanol–water partition coefficient (Wildman–Crippen LogP) is 3.77. The van der Waals surface area contributed by atoms with Gasteiger partial charge in [-0.25, -0.2) is 0 Å². The van der Waals surface area contributed by atoms with Gasteiger partial charge in [-0.05, 0) is 38.0 Å². The summed E-state index contributed by atoms with van der Waals surface area (Å²) in [7, 11) is 0. The van der Waals surface area contributed by atoms with E-state index in [-0.39, 0.29) is 12.2 Å². The van der Waals surface area contributed by atoms with E-state index < -0.39 is 0 Å². The Kier molecular flexibility index (Phi) is 7.14. The molecular formula is C15H30O2. The van der Waals surface area contributed by atoms with Gasteiger partial charge in [0, 0.05) is 6.61 Å². The average molecular weight is 242 g/mol. The minimum absolute atomic E-state index is 0.0781. The SMILES string of the molecule is CCOC(C(O)CC(C)CC)C1CCCCC1. The summed E-state index contributed by atoms with van der Waals surface area (Å²) in [4.78, 5) is 0. The highest BCUT2D eigenvalue weighted by atomic mass is 16.5. The van der Waals surface area contributed by atoms with Crippen molar-refractivity contribution in [1.82, 2.24) is 0 Å². The van der Waals surface area contributed by atoms with Gasteiger partial charge in [0.15, 0.2) is 0 Å². The van der Waals surface area contributed by atoms with Gasteiger partial charge in [0.05, 0.1) is 12.2 Å². The molecule has 1 rings (SSSR count). The highest BCUT2D eigenvalue weighted by molar-refractivity contribution is 4.81. The standard InChI is InChI=1S/C15H30O2/c1-4-12(3)11-14(16)15(17-5-2)13-9-7-6-8-10-13/h12-16H,4-11H2,1-3H3. The smallest absolute Gasteiger partial charge is 0.0861 e. The lowest BCUT2D eigenvalue weighted by Crippen LogP contribution is -2.38. The summed E-state index contributed by atoms with van der Waals surface area (Å²) in [6.45, 7) is 7.16. The van der Waals surface area contributed by atoms with E-state index in [2.05, 4.69) is 13.8 Å². The zero-order valence-electron chi connectivity index (χ0n) is 11.8. The van der Waals surface area contributed by atoms with Crippen molar-refractivity contribution in [2.75, 3.05) is 6.61 Å². The molecule has 2 nitrogen and oxygen atoms in total. The molecule has 3 atom stereocenters. The highest BCUT2D eigenvalue weighted by Gasteiger charge is 2.30. The van der Waals surface area contributed by atoms with Crippen LogP contribution in [0.5, 0.6) is 0 Å². The van der Waals surface area contributed by atoms with E-state index in [1.54, 1.807) is 0 Å². The number of aliphatic hydroxyl groups excluding tert-OH is 1. The lowest BCUT2D eigenvalue weighted by atomic mass is 9.81. The Balaban J connectivity index is 2.50. The van der Waals surface area contributed by atoms with E-state index in [0.29, 0.717) is 11.8 Å². The Morgan fingerprint density at radius 3 is 2.35 bits per heavy atom. The molecule has 1 fully saturated rings. The Morgan fingerprint density at radius 2 is 1.82 bits per heavy atom. The first-order valence-electron chi connectivity index (χ1n) is 7.48. The maximum atomic E-state index is 10.4. The fourth-order valence-corrected chi connectivity index (χ4v) is 2.93. The second-order valence-electron chi connectivity index (χ2n) is 5.63. The first kappa shape index (κ1) is 15.0. The van der Waals surface area contributed by atoms with Crippen LogP contribution in [-0.2, 0) is 4.74 Å². The van der Waals surface area contributed by atoms with E-state index >= 15 is 0 Å². The van der Waals surface area contributed by atoms with Crippen LogP contribution in [0.4, 0.5) is 0 Å². The molecule has 3 unspecified atom stereocenters. The molecule has 17 heavy (non-hydrogen) atoms. The van der Waals surface area contributed by atoms with Gasteiger partial charge in [-0.15, -0.1) is 0 Å². The van der Waals surface area contributed by atoms with Gasteiger partial charge in [0.25, 0.3) is 0 Å². The van der Waals surface area contributed by atoms with Gasteiger partial charge in [-0.2, -0.15) is 0 Å². The summed E-state index contributed by atoms with van der Waals surface area (Å²) in [5.74, 6) is 1.18. The van der Waals surface area contributed by atoms with Crippen molar-refractivity contribution in [2.24, 2.45) is 11.8 Å². The molecule has 2 heteroatoms. The largest absolute Gasteiger partial charge is 0.390 e. The lowest BCUT2D eigenvalue weighted by molar-refractivity contribution is -0.0788. The predicted molar refractivity (Wildman–Crippen MR) is 72.1 cm³/mol.